The molecule has 14 heavy (non-hydrogen) atoms. The third-order valence-electron chi connectivity index (χ3n) is 2.84. The van der Waals surface area contributed by atoms with Crippen molar-refractivity contribution < 1.29 is 9.21 Å². The molecular formula is C11H15NO2. The normalized spacial score (nSPS) is 22.4. The van der Waals surface area contributed by atoms with Crippen LogP contribution in [0, 0.1) is 0 Å². The Labute approximate surface area is 83.7 Å². The summed E-state index contributed by atoms with van der Waals surface area (Å²) in [5.74, 6) is 0.163. The maximum atomic E-state index is 11.4. The molecule has 1 atom stereocenters. The number of rotatable bonds is 1. The maximum absolute atomic E-state index is 11.4. The minimum absolute atomic E-state index is 0.163. The van der Waals surface area contributed by atoms with Crippen LogP contribution in [0.25, 0.3) is 0 Å². The molecule has 3 heteroatoms. The van der Waals surface area contributed by atoms with Gasteiger partial charge < -0.3 is 9.32 Å². The third kappa shape index (κ3) is 1.67. The van der Waals surface area contributed by atoms with Crippen molar-refractivity contribution in [1.82, 2.24) is 4.90 Å². The van der Waals surface area contributed by atoms with E-state index < -0.39 is 0 Å². The van der Waals surface area contributed by atoms with Gasteiger partial charge in [0.25, 0.3) is 0 Å². The number of nitrogens with zero attached hydrogens (tertiary/aromatic N) is 1. The number of carbonyl (C=O) groups is 1. The van der Waals surface area contributed by atoms with Gasteiger partial charge in [-0.25, -0.2) is 0 Å². The quantitative estimate of drug-likeness (QED) is 0.686. The zero-order valence-corrected chi connectivity index (χ0v) is 8.40. The number of amides is 1. The van der Waals surface area contributed by atoms with Crippen LogP contribution in [0.15, 0.2) is 23.0 Å². The first-order chi connectivity index (χ1) is 6.79. The second kappa shape index (κ2) is 3.86. The highest BCUT2D eigenvalue weighted by Crippen LogP contribution is 2.30. The smallest absolute Gasteiger partial charge is 0.219 e. The van der Waals surface area contributed by atoms with Gasteiger partial charge in [-0.05, 0) is 25.3 Å². The fourth-order valence-corrected chi connectivity index (χ4v) is 2.12. The van der Waals surface area contributed by atoms with Crippen molar-refractivity contribution in [3.8, 4) is 0 Å². The van der Waals surface area contributed by atoms with Crippen LogP contribution in [0.3, 0.4) is 0 Å². The number of hydrogen-bond acceptors (Lipinski definition) is 2. The van der Waals surface area contributed by atoms with Gasteiger partial charge in [-0.1, -0.05) is 0 Å². The van der Waals surface area contributed by atoms with Crippen LogP contribution in [-0.2, 0) is 4.79 Å². The minimum atomic E-state index is 0.163. The van der Waals surface area contributed by atoms with Crippen molar-refractivity contribution in [3.63, 3.8) is 0 Å². The molecule has 1 aromatic heterocycles. The Bertz CT molecular complexity index is 305. The summed E-state index contributed by atoms with van der Waals surface area (Å²) in [6.07, 6.45) is 6.78. The minimum Gasteiger partial charge on any atom is -0.472 e. The van der Waals surface area contributed by atoms with E-state index in [0.29, 0.717) is 0 Å². The first-order valence-corrected chi connectivity index (χ1v) is 5.08. The van der Waals surface area contributed by atoms with E-state index >= 15 is 0 Å². The predicted molar refractivity (Wildman–Crippen MR) is 52.7 cm³/mol. The summed E-state index contributed by atoms with van der Waals surface area (Å²) in [6.45, 7) is 2.52. The zero-order valence-electron chi connectivity index (χ0n) is 8.40. The molecule has 1 saturated heterocycles. The first kappa shape index (κ1) is 9.31. The average Bonchev–Trinajstić information content (AvgIpc) is 2.70. The summed E-state index contributed by atoms with van der Waals surface area (Å²) in [5, 5.41) is 0. The number of likely N-dealkylation sites (tertiary alicyclic amines) is 1. The van der Waals surface area contributed by atoms with Gasteiger partial charge in [-0.2, -0.15) is 0 Å². The molecule has 1 aliphatic heterocycles. The molecule has 1 fully saturated rings. The molecule has 0 bridgehead atoms. The van der Waals surface area contributed by atoms with Gasteiger partial charge in [-0.3, -0.25) is 4.79 Å². The Balaban J connectivity index is 2.18. The lowest BCUT2D eigenvalue weighted by atomic mass is 9.97. The molecule has 1 amide bonds. The molecule has 0 N–H and O–H groups in total. The Kier molecular flexibility index (Phi) is 2.57. The number of carbonyl (C=O) groups excluding carboxylic acids is 1. The molecule has 2 rings (SSSR count). The van der Waals surface area contributed by atoms with Crippen molar-refractivity contribution in [2.75, 3.05) is 6.54 Å². The Morgan fingerprint density at radius 3 is 3.07 bits per heavy atom. The molecule has 0 aromatic carbocycles. The number of hydrogen-bond donors (Lipinski definition) is 0. The molecule has 2 heterocycles. The van der Waals surface area contributed by atoms with Gasteiger partial charge in [0.1, 0.15) is 0 Å². The molecule has 1 aromatic rings. The van der Waals surface area contributed by atoms with E-state index in [1.165, 1.54) is 6.42 Å². The van der Waals surface area contributed by atoms with Gasteiger partial charge >= 0.3 is 0 Å². The van der Waals surface area contributed by atoms with Gasteiger partial charge in [-0.15, -0.1) is 0 Å². The SMILES string of the molecule is CC(=O)N1CCCCC1c1ccoc1. The van der Waals surface area contributed by atoms with E-state index in [-0.39, 0.29) is 11.9 Å². The lowest BCUT2D eigenvalue weighted by Crippen LogP contribution is -2.36. The van der Waals surface area contributed by atoms with Gasteiger partial charge in [0.15, 0.2) is 0 Å². The van der Waals surface area contributed by atoms with Crippen LogP contribution in [0.4, 0.5) is 0 Å². The fraction of sp³-hybridized carbons (Fsp3) is 0.545. The van der Waals surface area contributed by atoms with Crippen LogP contribution in [0.1, 0.15) is 37.8 Å². The van der Waals surface area contributed by atoms with E-state index in [2.05, 4.69) is 0 Å². The van der Waals surface area contributed by atoms with Crippen molar-refractivity contribution in [3.05, 3.63) is 24.2 Å². The first-order valence-electron chi connectivity index (χ1n) is 5.08. The van der Waals surface area contributed by atoms with Crippen molar-refractivity contribution in [2.45, 2.75) is 32.2 Å². The summed E-state index contributed by atoms with van der Waals surface area (Å²) in [6, 6.07) is 2.19. The summed E-state index contributed by atoms with van der Waals surface area (Å²) < 4.78 is 5.06. The monoisotopic (exact) mass is 193 g/mol. The van der Waals surface area contributed by atoms with Gasteiger partial charge in [0.05, 0.1) is 18.6 Å². The number of piperidine rings is 1. The lowest BCUT2D eigenvalue weighted by Gasteiger charge is -2.34. The van der Waals surface area contributed by atoms with Crippen molar-refractivity contribution in [1.29, 1.82) is 0 Å². The highest BCUT2D eigenvalue weighted by molar-refractivity contribution is 5.73. The zero-order chi connectivity index (χ0) is 9.97. The Morgan fingerprint density at radius 1 is 1.57 bits per heavy atom. The molecular weight excluding hydrogens is 178 g/mol. The third-order valence-corrected chi connectivity index (χ3v) is 2.84. The summed E-state index contributed by atoms with van der Waals surface area (Å²) in [5.41, 5.74) is 1.12. The highest BCUT2D eigenvalue weighted by Gasteiger charge is 2.26. The fourth-order valence-electron chi connectivity index (χ4n) is 2.12. The largest absolute Gasteiger partial charge is 0.472 e. The molecule has 1 aliphatic rings. The molecule has 0 saturated carbocycles. The predicted octanol–water partition coefficient (Wildman–Crippen LogP) is 2.35. The van der Waals surface area contributed by atoms with Crippen LogP contribution < -0.4 is 0 Å². The standard InChI is InChI=1S/C11H15NO2/c1-9(13)12-6-3-2-4-11(12)10-5-7-14-8-10/h5,7-8,11H,2-4,6H2,1H3. The Hall–Kier alpha value is -1.25. The summed E-state index contributed by atoms with van der Waals surface area (Å²) in [7, 11) is 0. The van der Waals surface area contributed by atoms with E-state index in [9.17, 15) is 4.79 Å². The van der Waals surface area contributed by atoms with Gasteiger partial charge in [0, 0.05) is 19.0 Å². The molecule has 0 aliphatic carbocycles. The molecule has 76 valence electrons. The van der Waals surface area contributed by atoms with Crippen LogP contribution in [-0.4, -0.2) is 17.4 Å². The second-order valence-corrected chi connectivity index (χ2v) is 3.78. The van der Waals surface area contributed by atoms with Crippen molar-refractivity contribution in [2.24, 2.45) is 0 Å². The van der Waals surface area contributed by atoms with Crippen LogP contribution >= 0.6 is 0 Å². The van der Waals surface area contributed by atoms with E-state index in [1.807, 2.05) is 11.0 Å². The van der Waals surface area contributed by atoms with Crippen molar-refractivity contribution >= 4 is 5.91 Å². The molecule has 0 spiro atoms. The highest BCUT2D eigenvalue weighted by atomic mass is 16.3. The van der Waals surface area contributed by atoms with E-state index in [4.69, 9.17) is 4.42 Å². The lowest BCUT2D eigenvalue weighted by molar-refractivity contribution is -0.132. The Morgan fingerprint density at radius 2 is 2.43 bits per heavy atom. The second-order valence-electron chi connectivity index (χ2n) is 3.78. The summed E-state index contributed by atoms with van der Waals surface area (Å²) >= 11 is 0. The average molecular weight is 193 g/mol. The van der Waals surface area contributed by atoms with Gasteiger partial charge in [0.2, 0.25) is 5.91 Å². The maximum Gasteiger partial charge on any atom is 0.219 e. The van der Waals surface area contributed by atoms with Crippen LogP contribution in [0.2, 0.25) is 0 Å². The van der Waals surface area contributed by atoms with E-state index in [1.54, 1.807) is 19.5 Å². The molecule has 0 radical (unpaired) electrons. The topological polar surface area (TPSA) is 33.5 Å². The molecule has 1 unspecified atom stereocenters. The van der Waals surface area contributed by atoms with E-state index in [0.717, 1.165) is 24.9 Å². The summed E-state index contributed by atoms with van der Waals surface area (Å²) in [4.78, 5) is 13.3. The van der Waals surface area contributed by atoms with Crippen LogP contribution in [0.5, 0.6) is 0 Å². The molecule has 3 nitrogen and oxygen atoms in total. The number of furan rings is 1.